The van der Waals surface area contributed by atoms with Crippen LogP contribution in [0.1, 0.15) is 26.7 Å². The number of carbonyl (C=O) groups is 1. The molecule has 1 atom stereocenters. The molecular formula is C10H23N3O2. The molecule has 0 bridgehead atoms. The molecule has 5 N–H and O–H groups in total. The van der Waals surface area contributed by atoms with Crippen LogP contribution in [0, 0.1) is 0 Å². The predicted molar refractivity (Wildman–Crippen MR) is 60.4 cm³/mol. The fraction of sp³-hybridized carbons (Fsp3) is 0.900. The summed E-state index contributed by atoms with van der Waals surface area (Å²) in [6.45, 7) is 5.12. The Labute approximate surface area is 91.4 Å². The lowest BCUT2D eigenvalue weighted by atomic mass is 10.2. The molecule has 15 heavy (non-hydrogen) atoms. The minimum Gasteiger partial charge on any atom is -0.396 e. The molecule has 0 rings (SSSR count). The van der Waals surface area contributed by atoms with E-state index in [-0.39, 0.29) is 24.6 Å². The highest BCUT2D eigenvalue weighted by Crippen LogP contribution is 1.92. The molecule has 90 valence electrons. The first kappa shape index (κ1) is 14.3. The fourth-order valence-electron chi connectivity index (χ4n) is 1.23. The first-order chi connectivity index (χ1) is 7.10. The van der Waals surface area contributed by atoms with Crippen LogP contribution in [0.15, 0.2) is 0 Å². The van der Waals surface area contributed by atoms with Gasteiger partial charge in [-0.15, -0.1) is 0 Å². The molecule has 0 saturated heterocycles. The number of nitrogens with one attached hydrogen (secondary N) is 2. The second-order valence-electron chi connectivity index (χ2n) is 3.89. The Bertz CT molecular complexity index is 174. The quantitative estimate of drug-likeness (QED) is 0.401. The maximum absolute atomic E-state index is 11.4. The maximum Gasteiger partial charge on any atom is 0.221 e. The molecule has 0 spiro atoms. The van der Waals surface area contributed by atoms with Crippen LogP contribution in [-0.4, -0.2) is 42.8 Å². The Balaban J connectivity index is 3.72. The summed E-state index contributed by atoms with van der Waals surface area (Å²) in [6.07, 6.45) is 1.07. The van der Waals surface area contributed by atoms with Crippen molar-refractivity contribution in [3.8, 4) is 0 Å². The topological polar surface area (TPSA) is 87.4 Å². The van der Waals surface area contributed by atoms with E-state index in [9.17, 15) is 4.79 Å². The van der Waals surface area contributed by atoms with Crippen molar-refractivity contribution in [2.24, 2.45) is 5.73 Å². The standard InChI is InChI=1S/C10H23N3O2/c1-8(2)13-10(15)6-9(7-11)12-4-3-5-14/h8-9,12,14H,3-7,11H2,1-2H3,(H,13,15). The lowest BCUT2D eigenvalue weighted by Gasteiger charge is -2.17. The van der Waals surface area contributed by atoms with E-state index in [2.05, 4.69) is 10.6 Å². The van der Waals surface area contributed by atoms with E-state index < -0.39 is 0 Å². The lowest BCUT2D eigenvalue weighted by Crippen LogP contribution is -2.42. The minimum atomic E-state index is -0.00435. The molecule has 0 radical (unpaired) electrons. The predicted octanol–water partition coefficient (Wildman–Crippen LogP) is -0.800. The fourth-order valence-corrected chi connectivity index (χ4v) is 1.23. The molecule has 0 aromatic heterocycles. The number of amides is 1. The van der Waals surface area contributed by atoms with Crippen molar-refractivity contribution in [2.45, 2.75) is 38.8 Å². The van der Waals surface area contributed by atoms with Gasteiger partial charge in [-0.2, -0.15) is 0 Å². The molecular weight excluding hydrogens is 194 g/mol. The van der Waals surface area contributed by atoms with Crippen molar-refractivity contribution < 1.29 is 9.90 Å². The van der Waals surface area contributed by atoms with Crippen LogP contribution >= 0.6 is 0 Å². The van der Waals surface area contributed by atoms with Gasteiger partial charge < -0.3 is 21.5 Å². The number of rotatable bonds is 8. The van der Waals surface area contributed by atoms with Gasteiger partial charge in [-0.3, -0.25) is 4.79 Å². The van der Waals surface area contributed by atoms with Crippen molar-refractivity contribution in [1.29, 1.82) is 0 Å². The molecule has 0 aromatic carbocycles. The third-order valence-electron chi connectivity index (χ3n) is 1.93. The second-order valence-corrected chi connectivity index (χ2v) is 3.89. The van der Waals surface area contributed by atoms with E-state index in [0.29, 0.717) is 25.9 Å². The molecule has 0 saturated carbocycles. The highest BCUT2D eigenvalue weighted by atomic mass is 16.3. The largest absolute Gasteiger partial charge is 0.396 e. The number of hydrogen-bond donors (Lipinski definition) is 4. The van der Waals surface area contributed by atoms with Gasteiger partial charge in [-0.25, -0.2) is 0 Å². The van der Waals surface area contributed by atoms with Crippen LogP contribution in [0.25, 0.3) is 0 Å². The highest BCUT2D eigenvalue weighted by molar-refractivity contribution is 5.76. The molecule has 1 unspecified atom stereocenters. The Kier molecular flexibility index (Phi) is 8.27. The SMILES string of the molecule is CC(C)NC(=O)CC(CN)NCCCO. The molecule has 1 amide bonds. The normalized spacial score (nSPS) is 12.9. The van der Waals surface area contributed by atoms with Gasteiger partial charge in [0.1, 0.15) is 0 Å². The molecule has 0 aromatic rings. The summed E-state index contributed by atoms with van der Waals surface area (Å²) in [5, 5.41) is 14.5. The van der Waals surface area contributed by atoms with Gasteiger partial charge in [-0.1, -0.05) is 0 Å². The van der Waals surface area contributed by atoms with Gasteiger partial charge in [0.2, 0.25) is 5.91 Å². The monoisotopic (exact) mass is 217 g/mol. The van der Waals surface area contributed by atoms with Crippen molar-refractivity contribution in [3.05, 3.63) is 0 Å². The average molecular weight is 217 g/mol. The third kappa shape index (κ3) is 8.35. The zero-order valence-electron chi connectivity index (χ0n) is 9.62. The molecule has 0 fully saturated rings. The van der Waals surface area contributed by atoms with Gasteiger partial charge in [0.15, 0.2) is 0 Å². The van der Waals surface area contributed by atoms with Crippen molar-refractivity contribution in [1.82, 2.24) is 10.6 Å². The summed E-state index contributed by atoms with van der Waals surface area (Å²) < 4.78 is 0. The zero-order valence-corrected chi connectivity index (χ0v) is 9.62. The molecule has 0 heterocycles. The van der Waals surface area contributed by atoms with Crippen molar-refractivity contribution >= 4 is 5.91 Å². The minimum absolute atomic E-state index is 0.00435. The van der Waals surface area contributed by atoms with Gasteiger partial charge in [0.25, 0.3) is 0 Å². The Morgan fingerprint density at radius 1 is 1.47 bits per heavy atom. The van der Waals surface area contributed by atoms with Gasteiger partial charge in [0, 0.05) is 31.7 Å². The van der Waals surface area contributed by atoms with Crippen LogP contribution < -0.4 is 16.4 Å². The Morgan fingerprint density at radius 2 is 2.13 bits per heavy atom. The average Bonchev–Trinajstić information content (AvgIpc) is 2.15. The summed E-state index contributed by atoms with van der Waals surface area (Å²) in [5.41, 5.74) is 5.53. The Morgan fingerprint density at radius 3 is 2.60 bits per heavy atom. The first-order valence-electron chi connectivity index (χ1n) is 5.43. The number of hydrogen-bond acceptors (Lipinski definition) is 4. The van der Waals surface area contributed by atoms with E-state index in [1.165, 1.54) is 0 Å². The molecule has 5 heteroatoms. The van der Waals surface area contributed by atoms with Crippen LogP contribution in [0.5, 0.6) is 0 Å². The van der Waals surface area contributed by atoms with Gasteiger partial charge in [-0.05, 0) is 26.8 Å². The van der Waals surface area contributed by atoms with Crippen LogP contribution in [-0.2, 0) is 4.79 Å². The van der Waals surface area contributed by atoms with E-state index in [4.69, 9.17) is 10.8 Å². The van der Waals surface area contributed by atoms with Gasteiger partial charge in [0.05, 0.1) is 0 Å². The number of nitrogens with two attached hydrogens (primary N) is 1. The first-order valence-corrected chi connectivity index (χ1v) is 5.43. The third-order valence-corrected chi connectivity index (χ3v) is 1.93. The summed E-state index contributed by atoms with van der Waals surface area (Å²) in [5.74, 6) is 0.0111. The van der Waals surface area contributed by atoms with Gasteiger partial charge >= 0.3 is 0 Å². The smallest absolute Gasteiger partial charge is 0.221 e. The summed E-state index contributed by atoms with van der Waals surface area (Å²) >= 11 is 0. The zero-order chi connectivity index (χ0) is 11.7. The van der Waals surface area contributed by atoms with E-state index in [0.717, 1.165) is 0 Å². The number of aliphatic hydroxyl groups is 1. The van der Waals surface area contributed by atoms with Crippen LogP contribution in [0.2, 0.25) is 0 Å². The molecule has 0 aliphatic carbocycles. The molecule has 0 aliphatic heterocycles. The van der Waals surface area contributed by atoms with Crippen molar-refractivity contribution in [2.75, 3.05) is 19.7 Å². The van der Waals surface area contributed by atoms with Crippen LogP contribution in [0.3, 0.4) is 0 Å². The lowest BCUT2D eigenvalue weighted by molar-refractivity contribution is -0.122. The number of carbonyl (C=O) groups excluding carboxylic acids is 1. The van der Waals surface area contributed by atoms with Crippen molar-refractivity contribution in [3.63, 3.8) is 0 Å². The van der Waals surface area contributed by atoms with Crippen LogP contribution in [0.4, 0.5) is 0 Å². The van der Waals surface area contributed by atoms with E-state index in [1.54, 1.807) is 0 Å². The summed E-state index contributed by atoms with van der Waals surface area (Å²) in [7, 11) is 0. The Hall–Kier alpha value is -0.650. The maximum atomic E-state index is 11.4. The molecule has 5 nitrogen and oxygen atoms in total. The highest BCUT2D eigenvalue weighted by Gasteiger charge is 2.11. The second kappa shape index (κ2) is 8.64. The summed E-state index contributed by atoms with van der Waals surface area (Å²) in [6, 6.07) is 0.156. The summed E-state index contributed by atoms with van der Waals surface area (Å²) in [4.78, 5) is 11.4. The van der Waals surface area contributed by atoms with E-state index >= 15 is 0 Å². The number of aliphatic hydroxyl groups excluding tert-OH is 1. The van der Waals surface area contributed by atoms with E-state index in [1.807, 2.05) is 13.8 Å². The molecule has 0 aliphatic rings.